The number of amides is 2. The third-order valence-electron chi connectivity index (χ3n) is 4.40. The third-order valence-corrected chi connectivity index (χ3v) is 4.40. The Morgan fingerprint density at radius 3 is 2.70 bits per heavy atom. The molecule has 2 heterocycles. The predicted octanol–water partition coefficient (Wildman–Crippen LogP) is 1.40. The van der Waals surface area contributed by atoms with E-state index in [0.29, 0.717) is 30.6 Å². The van der Waals surface area contributed by atoms with Crippen molar-refractivity contribution in [3.8, 4) is 0 Å². The van der Waals surface area contributed by atoms with Crippen LogP contribution in [0.5, 0.6) is 0 Å². The highest BCUT2D eigenvalue weighted by Crippen LogP contribution is 2.38. The summed E-state index contributed by atoms with van der Waals surface area (Å²) in [7, 11) is 0. The van der Waals surface area contributed by atoms with Crippen molar-refractivity contribution in [2.45, 2.75) is 25.3 Å². The van der Waals surface area contributed by atoms with Crippen LogP contribution in [0.4, 0.5) is 0 Å². The number of benzene rings is 1. The van der Waals surface area contributed by atoms with Crippen molar-refractivity contribution in [2.24, 2.45) is 5.73 Å². The monoisotopic (exact) mass is 310 g/mol. The normalized spacial score (nSPS) is 20.5. The van der Waals surface area contributed by atoms with E-state index in [1.165, 1.54) is 18.6 Å². The summed E-state index contributed by atoms with van der Waals surface area (Å²) in [5, 5.41) is 0. The Labute approximate surface area is 134 Å². The molecule has 1 aromatic carbocycles. The highest BCUT2D eigenvalue weighted by atomic mass is 16.2. The number of carbonyl (C=O) groups excluding carboxylic acids is 2. The molecule has 2 N–H and O–H groups in total. The molecule has 0 aliphatic carbocycles. The maximum atomic E-state index is 13.0. The summed E-state index contributed by atoms with van der Waals surface area (Å²) in [6.45, 7) is 2.34. The zero-order chi connectivity index (χ0) is 16.4. The second kappa shape index (κ2) is 5.79. The van der Waals surface area contributed by atoms with Crippen LogP contribution in [0.2, 0.25) is 0 Å². The molecule has 1 saturated heterocycles. The first-order valence-corrected chi connectivity index (χ1v) is 7.51. The number of primary amides is 1. The molecular weight excluding hydrogens is 292 g/mol. The van der Waals surface area contributed by atoms with Crippen LogP contribution < -0.4 is 5.73 Å². The molecule has 1 aliphatic heterocycles. The number of nitrogens with two attached hydrogens (primary N) is 1. The first-order valence-electron chi connectivity index (χ1n) is 7.51. The Morgan fingerprint density at radius 2 is 2.04 bits per heavy atom. The Morgan fingerprint density at radius 1 is 1.26 bits per heavy atom. The van der Waals surface area contributed by atoms with Crippen molar-refractivity contribution in [1.29, 1.82) is 0 Å². The van der Waals surface area contributed by atoms with E-state index >= 15 is 0 Å². The van der Waals surface area contributed by atoms with E-state index in [4.69, 9.17) is 5.73 Å². The maximum absolute atomic E-state index is 13.0. The highest BCUT2D eigenvalue weighted by molar-refractivity contribution is 6.00. The summed E-state index contributed by atoms with van der Waals surface area (Å²) in [6.07, 6.45) is 5.69. The molecule has 0 bridgehead atoms. The molecule has 0 saturated carbocycles. The predicted molar refractivity (Wildman–Crippen MR) is 84.4 cm³/mol. The van der Waals surface area contributed by atoms with Crippen LogP contribution in [0.25, 0.3) is 0 Å². The minimum absolute atomic E-state index is 0.204. The van der Waals surface area contributed by atoms with E-state index in [-0.39, 0.29) is 5.91 Å². The van der Waals surface area contributed by atoms with E-state index in [1.807, 2.05) is 25.1 Å². The molecular formula is C17H18N4O2. The maximum Gasteiger partial charge on any atom is 0.255 e. The van der Waals surface area contributed by atoms with Gasteiger partial charge in [-0.3, -0.25) is 19.6 Å². The fourth-order valence-electron chi connectivity index (χ4n) is 3.21. The molecule has 1 aromatic heterocycles. The molecule has 0 radical (unpaired) electrons. The van der Waals surface area contributed by atoms with E-state index < -0.39 is 11.4 Å². The summed E-state index contributed by atoms with van der Waals surface area (Å²) >= 11 is 0. The third kappa shape index (κ3) is 2.36. The molecule has 2 aromatic rings. The lowest BCUT2D eigenvalue weighted by Gasteiger charge is -2.35. The van der Waals surface area contributed by atoms with Crippen LogP contribution in [0, 0.1) is 6.92 Å². The zero-order valence-electron chi connectivity index (χ0n) is 12.9. The fourth-order valence-corrected chi connectivity index (χ4v) is 3.21. The summed E-state index contributed by atoms with van der Waals surface area (Å²) < 4.78 is 0. The van der Waals surface area contributed by atoms with Crippen LogP contribution in [0.1, 0.15) is 34.5 Å². The number of carbonyl (C=O) groups is 2. The van der Waals surface area contributed by atoms with Crippen LogP contribution in [0.3, 0.4) is 0 Å². The van der Waals surface area contributed by atoms with Crippen LogP contribution in [-0.4, -0.2) is 33.2 Å². The molecule has 1 aliphatic rings. The van der Waals surface area contributed by atoms with Gasteiger partial charge in [-0.2, -0.15) is 0 Å². The van der Waals surface area contributed by atoms with Crippen molar-refractivity contribution in [2.75, 3.05) is 6.54 Å². The van der Waals surface area contributed by atoms with Gasteiger partial charge in [-0.15, -0.1) is 0 Å². The molecule has 6 heteroatoms. The molecule has 3 rings (SSSR count). The smallest absolute Gasteiger partial charge is 0.255 e. The summed E-state index contributed by atoms with van der Waals surface area (Å²) in [4.78, 5) is 35.2. The second-order valence-corrected chi connectivity index (χ2v) is 5.69. The van der Waals surface area contributed by atoms with Crippen molar-refractivity contribution in [3.63, 3.8) is 0 Å². The van der Waals surface area contributed by atoms with Gasteiger partial charge in [0.2, 0.25) is 5.91 Å². The van der Waals surface area contributed by atoms with Crippen LogP contribution in [0.15, 0.2) is 42.9 Å². The molecule has 0 unspecified atom stereocenters. The lowest BCUT2D eigenvalue weighted by molar-refractivity contribution is -0.128. The van der Waals surface area contributed by atoms with Gasteiger partial charge in [-0.1, -0.05) is 18.2 Å². The zero-order valence-corrected chi connectivity index (χ0v) is 12.9. The Bertz CT molecular complexity index is 747. The van der Waals surface area contributed by atoms with Crippen LogP contribution in [-0.2, 0) is 10.3 Å². The Kier molecular flexibility index (Phi) is 3.82. The van der Waals surface area contributed by atoms with Gasteiger partial charge in [0.05, 0.1) is 11.9 Å². The van der Waals surface area contributed by atoms with Gasteiger partial charge in [-0.05, 0) is 31.4 Å². The number of rotatable bonds is 3. The largest absolute Gasteiger partial charge is 0.367 e. The highest BCUT2D eigenvalue weighted by Gasteiger charge is 2.51. The van der Waals surface area contributed by atoms with E-state index in [2.05, 4.69) is 9.97 Å². The standard InChI is InChI=1S/C17H18N4O2/c1-12-5-2-3-6-13(12)15(22)21-10-4-7-17(21,16(18)23)14-11-19-8-9-20-14/h2-3,5-6,8-9,11H,4,7,10H2,1H3,(H2,18,23)/t17-/m1/s1. The summed E-state index contributed by atoms with van der Waals surface area (Å²) in [6, 6.07) is 7.32. The molecule has 0 spiro atoms. The quantitative estimate of drug-likeness (QED) is 0.928. The van der Waals surface area contributed by atoms with Gasteiger partial charge in [0, 0.05) is 24.5 Å². The van der Waals surface area contributed by atoms with E-state index in [9.17, 15) is 9.59 Å². The minimum atomic E-state index is -1.23. The average Bonchev–Trinajstić information content (AvgIpc) is 3.01. The Hall–Kier alpha value is -2.76. The lowest BCUT2D eigenvalue weighted by Crippen LogP contribution is -2.54. The second-order valence-electron chi connectivity index (χ2n) is 5.69. The van der Waals surface area contributed by atoms with E-state index in [0.717, 1.165) is 5.56 Å². The summed E-state index contributed by atoms with van der Waals surface area (Å²) in [5.74, 6) is -0.775. The van der Waals surface area contributed by atoms with E-state index in [1.54, 1.807) is 11.0 Å². The van der Waals surface area contributed by atoms with Crippen molar-refractivity contribution < 1.29 is 9.59 Å². The van der Waals surface area contributed by atoms with Gasteiger partial charge >= 0.3 is 0 Å². The number of hydrogen-bond donors (Lipinski definition) is 1. The average molecular weight is 310 g/mol. The summed E-state index contributed by atoms with van der Waals surface area (Å²) in [5.41, 5.74) is 6.34. The van der Waals surface area contributed by atoms with Crippen molar-refractivity contribution in [1.82, 2.24) is 14.9 Å². The molecule has 118 valence electrons. The number of aromatic nitrogens is 2. The molecule has 2 amide bonds. The lowest BCUT2D eigenvalue weighted by atomic mass is 9.90. The topological polar surface area (TPSA) is 89.2 Å². The van der Waals surface area contributed by atoms with Gasteiger partial charge in [0.15, 0.2) is 5.54 Å². The Balaban J connectivity index is 2.09. The van der Waals surface area contributed by atoms with Gasteiger partial charge in [-0.25, -0.2) is 0 Å². The van der Waals surface area contributed by atoms with Gasteiger partial charge in [0.1, 0.15) is 0 Å². The fraction of sp³-hybridized carbons (Fsp3) is 0.294. The molecule has 23 heavy (non-hydrogen) atoms. The SMILES string of the molecule is Cc1ccccc1C(=O)N1CCC[C@]1(C(N)=O)c1cnccn1. The molecule has 1 fully saturated rings. The first kappa shape index (κ1) is 15.1. The van der Waals surface area contributed by atoms with Crippen molar-refractivity contribution >= 4 is 11.8 Å². The minimum Gasteiger partial charge on any atom is -0.367 e. The van der Waals surface area contributed by atoms with Crippen molar-refractivity contribution in [3.05, 3.63) is 59.7 Å². The van der Waals surface area contributed by atoms with Gasteiger partial charge < -0.3 is 10.6 Å². The molecule has 6 nitrogen and oxygen atoms in total. The number of hydrogen-bond acceptors (Lipinski definition) is 4. The number of nitrogens with zero attached hydrogens (tertiary/aromatic N) is 3. The van der Waals surface area contributed by atoms with Crippen LogP contribution >= 0.6 is 0 Å². The number of aryl methyl sites for hydroxylation is 1. The first-order chi connectivity index (χ1) is 11.1. The van der Waals surface area contributed by atoms with Gasteiger partial charge in [0.25, 0.3) is 5.91 Å². The molecule has 1 atom stereocenters. The number of likely N-dealkylation sites (tertiary alicyclic amines) is 1.